The summed E-state index contributed by atoms with van der Waals surface area (Å²) < 4.78 is 64.1. The molecule has 2 saturated heterocycles. The van der Waals surface area contributed by atoms with Gasteiger partial charge in [0.25, 0.3) is 11.8 Å². The van der Waals surface area contributed by atoms with Crippen LogP contribution in [-0.2, 0) is 11.0 Å². The number of likely N-dealkylation sites (tertiary alicyclic amines) is 1. The predicted molar refractivity (Wildman–Crippen MR) is 85.2 cm³/mol. The lowest BCUT2D eigenvalue weighted by Gasteiger charge is -2.20. The van der Waals surface area contributed by atoms with E-state index in [1.165, 1.54) is 0 Å². The fraction of sp³-hybridized carbons (Fsp3) is 0.529. The molecular weight excluding hydrogens is 373 g/mol. The van der Waals surface area contributed by atoms with Crippen molar-refractivity contribution in [3.8, 4) is 0 Å². The lowest BCUT2D eigenvalue weighted by atomic mass is 10.1. The number of hydrogen-bond acceptors (Lipinski definition) is 3. The molecular formula is C17H18F5N3O2. The van der Waals surface area contributed by atoms with Crippen molar-refractivity contribution in [2.45, 2.75) is 37.0 Å². The Labute approximate surface area is 151 Å². The molecule has 2 fully saturated rings. The van der Waals surface area contributed by atoms with E-state index in [0.29, 0.717) is 0 Å². The minimum Gasteiger partial charge on any atom is -0.348 e. The van der Waals surface area contributed by atoms with Crippen molar-refractivity contribution in [1.82, 2.24) is 15.5 Å². The Morgan fingerprint density at radius 3 is 2.41 bits per heavy atom. The molecule has 2 atom stereocenters. The second-order valence-corrected chi connectivity index (χ2v) is 6.81. The molecule has 148 valence electrons. The maximum Gasteiger partial charge on any atom is 0.416 e. The summed E-state index contributed by atoms with van der Waals surface area (Å²) in [5.41, 5.74) is -0.786. The van der Waals surface area contributed by atoms with Crippen LogP contribution in [0.25, 0.3) is 0 Å². The van der Waals surface area contributed by atoms with Crippen molar-refractivity contribution < 1.29 is 31.5 Å². The van der Waals surface area contributed by atoms with Crippen molar-refractivity contribution >= 4 is 11.8 Å². The smallest absolute Gasteiger partial charge is 0.348 e. The third-order valence-corrected chi connectivity index (χ3v) is 4.72. The van der Waals surface area contributed by atoms with Crippen molar-refractivity contribution in [2.75, 3.05) is 19.6 Å². The molecule has 1 aromatic carbocycles. The third kappa shape index (κ3) is 4.55. The van der Waals surface area contributed by atoms with Gasteiger partial charge in [0.05, 0.1) is 18.2 Å². The highest BCUT2D eigenvalue weighted by Gasteiger charge is 2.43. The van der Waals surface area contributed by atoms with Crippen LogP contribution in [0.15, 0.2) is 24.3 Å². The molecule has 5 nitrogen and oxygen atoms in total. The number of benzene rings is 1. The van der Waals surface area contributed by atoms with Gasteiger partial charge in [0, 0.05) is 31.1 Å². The second-order valence-electron chi connectivity index (χ2n) is 6.81. The van der Waals surface area contributed by atoms with Gasteiger partial charge < -0.3 is 15.5 Å². The molecule has 0 radical (unpaired) electrons. The van der Waals surface area contributed by atoms with Crippen molar-refractivity contribution in [1.29, 1.82) is 0 Å². The molecule has 2 amide bonds. The maximum atomic E-state index is 13.2. The first-order valence-electron chi connectivity index (χ1n) is 8.43. The summed E-state index contributed by atoms with van der Waals surface area (Å²) in [6.45, 7) is -0.341. The van der Waals surface area contributed by atoms with Crippen molar-refractivity contribution in [3.05, 3.63) is 35.4 Å². The van der Waals surface area contributed by atoms with Crippen molar-refractivity contribution in [3.63, 3.8) is 0 Å². The van der Waals surface area contributed by atoms with E-state index in [2.05, 4.69) is 10.6 Å². The standard InChI is InChI=1S/C17H18F5N3O2/c18-16(19)5-6-25(9-16)15(27)13-7-12(8-23-13)24-14(26)10-1-3-11(4-2-10)17(20,21)22/h1-4,12-13,23H,5-9H2,(H,24,26)/t12-,13-/m0/s1. The van der Waals surface area contributed by atoms with E-state index in [1.54, 1.807) is 0 Å². The largest absolute Gasteiger partial charge is 0.416 e. The van der Waals surface area contributed by atoms with Crippen LogP contribution in [0.5, 0.6) is 0 Å². The van der Waals surface area contributed by atoms with Gasteiger partial charge in [-0.25, -0.2) is 8.78 Å². The molecule has 0 aromatic heterocycles. The first-order valence-corrected chi connectivity index (χ1v) is 8.43. The molecule has 0 bridgehead atoms. The summed E-state index contributed by atoms with van der Waals surface area (Å²) >= 11 is 0. The summed E-state index contributed by atoms with van der Waals surface area (Å²) in [6, 6.07) is 2.71. The average molecular weight is 391 g/mol. The van der Waals surface area contributed by atoms with E-state index in [9.17, 15) is 31.5 Å². The molecule has 2 aliphatic heterocycles. The Balaban J connectivity index is 1.53. The van der Waals surface area contributed by atoms with Gasteiger partial charge in [-0.05, 0) is 30.7 Å². The quantitative estimate of drug-likeness (QED) is 0.776. The predicted octanol–water partition coefficient (Wildman–Crippen LogP) is 2.03. The van der Waals surface area contributed by atoms with Gasteiger partial charge in [0.2, 0.25) is 5.91 Å². The van der Waals surface area contributed by atoms with Gasteiger partial charge in [0.15, 0.2) is 0 Å². The molecule has 0 spiro atoms. The van der Waals surface area contributed by atoms with Crippen LogP contribution < -0.4 is 10.6 Å². The number of halogens is 5. The van der Waals surface area contributed by atoms with Crippen molar-refractivity contribution in [2.24, 2.45) is 0 Å². The first kappa shape index (κ1) is 19.5. The van der Waals surface area contributed by atoms with Gasteiger partial charge >= 0.3 is 6.18 Å². The number of alkyl halides is 5. The summed E-state index contributed by atoms with van der Waals surface area (Å²) in [5.74, 6) is -3.86. The maximum absolute atomic E-state index is 13.2. The lowest BCUT2D eigenvalue weighted by Crippen LogP contribution is -2.43. The molecule has 2 heterocycles. The number of rotatable bonds is 3. The number of carbonyl (C=O) groups excluding carboxylic acids is 2. The monoisotopic (exact) mass is 391 g/mol. The molecule has 0 saturated carbocycles. The number of hydrogen-bond donors (Lipinski definition) is 2. The average Bonchev–Trinajstić information content (AvgIpc) is 3.20. The van der Waals surface area contributed by atoms with Crippen LogP contribution in [0.1, 0.15) is 28.8 Å². The number of amides is 2. The van der Waals surface area contributed by atoms with E-state index in [4.69, 9.17) is 0 Å². The Bertz CT molecular complexity index is 720. The number of carbonyl (C=O) groups is 2. The fourth-order valence-electron chi connectivity index (χ4n) is 3.26. The van der Waals surface area contributed by atoms with Gasteiger partial charge in [-0.15, -0.1) is 0 Å². The van der Waals surface area contributed by atoms with E-state index < -0.39 is 48.1 Å². The van der Waals surface area contributed by atoms with E-state index in [-0.39, 0.29) is 31.5 Å². The Morgan fingerprint density at radius 2 is 1.85 bits per heavy atom. The van der Waals surface area contributed by atoms with Crippen LogP contribution in [0.2, 0.25) is 0 Å². The molecule has 0 aliphatic carbocycles. The normalized spacial score (nSPS) is 24.9. The van der Waals surface area contributed by atoms with E-state index in [0.717, 1.165) is 29.2 Å². The summed E-state index contributed by atoms with van der Waals surface area (Å²) in [5, 5.41) is 5.54. The highest BCUT2D eigenvalue weighted by molar-refractivity contribution is 5.94. The van der Waals surface area contributed by atoms with Crippen LogP contribution in [0.3, 0.4) is 0 Å². The topological polar surface area (TPSA) is 61.4 Å². The van der Waals surface area contributed by atoms with Crippen LogP contribution in [0.4, 0.5) is 22.0 Å². The van der Waals surface area contributed by atoms with Gasteiger partial charge in [-0.3, -0.25) is 9.59 Å². The molecule has 3 rings (SSSR count). The Hall–Kier alpha value is -2.23. The number of nitrogens with one attached hydrogen (secondary N) is 2. The molecule has 1 aromatic rings. The van der Waals surface area contributed by atoms with Crippen LogP contribution in [0, 0.1) is 0 Å². The van der Waals surface area contributed by atoms with Gasteiger partial charge in [-0.1, -0.05) is 0 Å². The molecule has 0 unspecified atom stereocenters. The summed E-state index contributed by atoms with van der Waals surface area (Å²) in [4.78, 5) is 25.6. The zero-order valence-corrected chi connectivity index (χ0v) is 14.2. The minimum atomic E-state index is -4.48. The Morgan fingerprint density at radius 1 is 1.19 bits per heavy atom. The molecule has 2 aliphatic rings. The second kappa shape index (κ2) is 7.06. The zero-order valence-electron chi connectivity index (χ0n) is 14.2. The van der Waals surface area contributed by atoms with E-state index in [1.807, 2.05) is 0 Å². The van der Waals surface area contributed by atoms with Gasteiger partial charge in [-0.2, -0.15) is 13.2 Å². The van der Waals surface area contributed by atoms with Crippen LogP contribution >= 0.6 is 0 Å². The molecule has 2 N–H and O–H groups in total. The summed E-state index contributed by atoms with van der Waals surface area (Å²) in [6.07, 6.45) is -4.61. The minimum absolute atomic E-state index is 0.00735. The lowest BCUT2D eigenvalue weighted by molar-refractivity contribution is -0.137. The highest BCUT2D eigenvalue weighted by atomic mass is 19.4. The fourth-order valence-corrected chi connectivity index (χ4v) is 3.26. The first-order chi connectivity index (χ1) is 12.5. The molecule has 10 heteroatoms. The highest BCUT2D eigenvalue weighted by Crippen LogP contribution is 2.29. The zero-order chi connectivity index (χ0) is 19.8. The van der Waals surface area contributed by atoms with Crippen LogP contribution in [-0.4, -0.2) is 54.4 Å². The Kier molecular flexibility index (Phi) is 5.11. The summed E-state index contributed by atoms with van der Waals surface area (Å²) in [7, 11) is 0. The van der Waals surface area contributed by atoms with Gasteiger partial charge in [0.1, 0.15) is 0 Å². The van der Waals surface area contributed by atoms with E-state index >= 15 is 0 Å². The third-order valence-electron chi connectivity index (χ3n) is 4.72. The number of nitrogens with zero attached hydrogens (tertiary/aromatic N) is 1. The SMILES string of the molecule is O=C(N[C@@H]1CN[C@H](C(=O)N2CCC(F)(F)C2)C1)c1ccc(C(F)(F)F)cc1. The molecule has 27 heavy (non-hydrogen) atoms.